The van der Waals surface area contributed by atoms with E-state index < -0.39 is 14.7 Å². The van der Waals surface area contributed by atoms with Gasteiger partial charge in [0, 0.05) is 42.5 Å². The molecule has 1 aromatic carbocycles. The Bertz CT molecular complexity index is 677. The smallest absolute Gasteiger partial charge is 0.410 e. The molecule has 1 heterocycles. The monoisotopic (exact) mass is 360 g/mol. The highest BCUT2D eigenvalue weighted by Crippen LogP contribution is 2.23. The fourth-order valence-electron chi connectivity index (χ4n) is 2.31. The second kappa shape index (κ2) is 6.57. The summed E-state index contributed by atoms with van der Waals surface area (Å²) in [5.41, 5.74) is 0.257. The van der Waals surface area contributed by atoms with Crippen LogP contribution < -0.4 is 4.90 Å². The third kappa shape index (κ3) is 5.00. The molecule has 23 heavy (non-hydrogen) atoms. The largest absolute Gasteiger partial charge is 0.444 e. The summed E-state index contributed by atoms with van der Waals surface area (Å²) >= 11 is 0. The number of piperazine rings is 1. The predicted molar refractivity (Wildman–Crippen MR) is 89.5 cm³/mol. The number of halogens is 1. The van der Waals surface area contributed by atoms with Crippen LogP contribution in [0.1, 0.15) is 20.8 Å². The molecule has 1 amide bonds. The summed E-state index contributed by atoms with van der Waals surface area (Å²) in [6.07, 6.45) is -0.325. The molecule has 1 aliphatic rings. The molecule has 1 aliphatic heterocycles. The maximum atomic E-state index is 12.0. The number of nitrogens with zero attached hydrogens (tertiary/aromatic N) is 2. The Balaban J connectivity index is 2.01. The van der Waals surface area contributed by atoms with E-state index in [1.807, 2.05) is 31.7 Å². The first-order valence-electron chi connectivity index (χ1n) is 7.34. The second-order valence-corrected chi connectivity index (χ2v) is 8.96. The zero-order chi connectivity index (χ0) is 17.3. The highest BCUT2D eigenvalue weighted by atomic mass is 35.7. The van der Waals surface area contributed by atoms with Crippen LogP contribution in [-0.4, -0.2) is 51.2 Å². The van der Waals surface area contributed by atoms with Gasteiger partial charge in [0.25, 0.3) is 9.05 Å². The Labute approximate surface area is 141 Å². The van der Waals surface area contributed by atoms with Gasteiger partial charge in [0.1, 0.15) is 5.60 Å². The van der Waals surface area contributed by atoms with Crippen molar-refractivity contribution in [3.8, 4) is 0 Å². The fourth-order valence-corrected chi connectivity index (χ4v) is 3.10. The molecule has 128 valence electrons. The minimum absolute atomic E-state index is 0.0752. The quantitative estimate of drug-likeness (QED) is 0.758. The molecular formula is C15H21ClN2O4S. The molecule has 2 rings (SSSR count). The molecule has 8 heteroatoms. The molecule has 0 bridgehead atoms. The lowest BCUT2D eigenvalue weighted by molar-refractivity contribution is 0.0240. The summed E-state index contributed by atoms with van der Waals surface area (Å²) < 4.78 is 28.2. The molecule has 1 aromatic rings. The van der Waals surface area contributed by atoms with Gasteiger partial charge >= 0.3 is 6.09 Å². The summed E-state index contributed by atoms with van der Waals surface area (Å²) in [6.45, 7) is 7.74. The Morgan fingerprint density at radius 3 is 2.30 bits per heavy atom. The highest BCUT2D eigenvalue weighted by Gasteiger charge is 2.26. The predicted octanol–water partition coefficient (Wildman–Crippen LogP) is 2.67. The molecule has 0 atom stereocenters. The van der Waals surface area contributed by atoms with Crippen LogP contribution in [0.3, 0.4) is 0 Å². The number of hydrogen-bond acceptors (Lipinski definition) is 5. The third-order valence-corrected chi connectivity index (χ3v) is 4.75. The zero-order valence-corrected chi connectivity index (χ0v) is 15.0. The average Bonchev–Trinajstić information content (AvgIpc) is 2.45. The van der Waals surface area contributed by atoms with Gasteiger partial charge in [-0.3, -0.25) is 0 Å². The first-order valence-corrected chi connectivity index (χ1v) is 9.65. The van der Waals surface area contributed by atoms with Crippen molar-refractivity contribution in [3.05, 3.63) is 24.3 Å². The number of carbonyl (C=O) groups is 1. The number of amides is 1. The van der Waals surface area contributed by atoms with E-state index in [4.69, 9.17) is 15.4 Å². The van der Waals surface area contributed by atoms with Crippen molar-refractivity contribution in [2.24, 2.45) is 0 Å². The molecule has 0 radical (unpaired) electrons. The van der Waals surface area contributed by atoms with Gasteiger partial charge in [0.05, 0.1) is 4.90 Å². The fraction of sp³-hybridized carbons (Fsp3) is 0.533. The number of ether oxygens (including phenoxy) is 1. The number of rotatable bonds is 2. The van der Waals surface area contributed by atoms with Crippen LogP contribution in [-0.2, 0) is 13.8 Å². The number of carbonyl (C=O) groups excluding carboxylic acids is 1. The lowest BCUT2D eigenvalue weighted by atomic mass is 10.2. The van der Waals surface area contributed by atoms with Crippen molar-refractivity contribution in [2.45, 2.75) is 31.3 Å². The van der Waals surface area contributed by atoms with Crippen molar-refractivity contribution in [1.29, 1.82) is 0 Å². The van der Waals surface area contributed by atoms with Crippen LogP contribution in [0, 0.1) is 0 Å². The molecule has 0 unspecified atom stereocenters. The minimum Gasteiger partial charge on any atom is -0.444 e. The van der Waals surface area contributed by atoms with E-state index in [1.54, 1.807) is 17.0 Å². The summed E-state index contributed by atoms with van der Waals surface area (Å²) in [7, 11) is 1.63. The van der Waals surface area contributed by atoms with Crippen molar-refractivity contribution < 1.29 is 17.9 Å². The Morgan fingerprint density at radius 2 is 1.78 bits per heavy atom. The van der Waals surface area contributed by atoms with Gasteiger partial charge in [-0.1, -0.05) is 6.07 Å². The Hall–Kier alpha value is -1.47. The number of benzene rings is 1. The van der Waals surface area contributed by atoms with E-state index in [1.165, 1.54) is 6.07 Å². The van der Waals surface area contributed by atoms with E-state index in [2.05, 4.69) is 0 Å². The van der Waals surface area contributed by atoms with E-state index >= 15 is 0 Å². The van der Waals surface area contributed by atoms with Crippen molar-refractivity contribution in [1.82, 2.24) is 4.90 Å². The van der Waals surface area contributed by atoms with Crippen LogP contribution in [0.15, 0.2) is 29.2 Å². The summed E-state index contributed by atoms with van der Waals surface area (Å²) in [5.74, 6) is 0. The molecule has 6 nitrogen and oxygen atoms in total. The molecule has 1 fully saturated rings. The molecule has 0 saturated carbocycles. The van der Waals surface area contributed by atoms with Crippen LogP contribution >= 0.6 is 10.7 Å². The van der Waals surface area contributed by atoms with Gasteiger partial charge in [-0.2, -0.15) is 0 Å². The molecule has 1 saturated heterocycles. The van der Waals surface area contributed by atoms with Crippen LogP contribution in [0.4, 0.5) is 10.5 Å². The second-order valence-electron chi connectivity index (χ2n) is 6.39. The SMILES string of the molecule is CC(C)(C)OC(=O)N1CCN(c2cccc(S(=O)(=O)Cl)c2)CC1. The van der Waals surface area contributed by atoms with Gasteiger partial charge in [0.15, 0.2) is 0 Å². The maximum Gasteiger partial charge on any atom is 0.410 e. The number of anilines is 1. The van der Waals surface area contributed by atoms with Gasteiger partial charge in [-0.15, -0.1) is 0 Å². The van der Waals surface area contributed by atoms with Gasteiger partial charge in [-0.25, -0.2) is 13.2 Å². The Morgan fingerprint density at radius 1 is 1.17 bits per heavy atom. The standard InChI is InChI=1S/C15H21ClN2O4S/c1-15(2,3)22-14(19)18-9-7-17(8-10-18)12-5-4-6-13(11-12)23(16,20)21/h4-6,11H,7-10H2,1-3H3. The van der Waals surface area contributed by atoms with Gasteiger partial charge < -0.3 is 14.5 Å². The van der Waals surface area contributed by atoms with Crippen molar-refractivity contribution in [3.63, 3.8) is 0 Å². The lowest BCUT2D eigenvalue weighted by Crippen LogP contribution is -2.50. The first-order chi connectivity index (χ1) is 10.6. The normalized spacial score (nSPS) is 16.3. The lowest BCUT2D eigenvalue weighted by Gasteiger charge is -2.36. The molecule has 0 N–H and O–H groups in total. The molecule has 0 aliphatic carbocycles. The number of hydrogen-bond donors (Lipinski definition) is 0. The van der Waals surface area contributed by atoms with E-state index in [9.17, 15) is 13.2 Å². The van der Waals surface area contributed by atoms with Gasteiger partial charge in [-0.05, 0) is 39.0 Å². The van der Waals surface area contributed by atoms with Gasteiger partial charge in [0.2, 0.25) is 0 Å². The maximum absolute atomic E-state index is 12.0. The van der Waals surface area contributed by atoms with E-state index in [0.717, 1.165) is 5.69 Å². The third-order valence-electron chi connectivity index (χ3n) is 3.40. The van der Waals surface area contributed by atoms with E-state index in [0.29, 0.717) is 26.2 Å². The van der Waals surface area contributed by atoms with Crippen molar-refractivity contribution in [2.75, 3.05) is 31.1 Å². The molecule has 0 aromatic heterocycles. The van der Waals surface area contributed by atoms with E-state index in [-0.39, 0.29) is 11.0 Å². The first kappa shape index (κ1) is 17.9. The van der Waals surface area contributed by atoms with Crippen LogP contribution in [0.2, 0.25) is 0 Å². The average molecular weight is 361 g/mol. The minimum atomic E-state index is -3.75. The molecular weight excluding hydrogens is 340 g/mol. The van der Waals surface area contributed by atoms with Crippen LogP contribution in [0.25, 0.3) is 0 Å². The van der Waals surface area contributed by atoms with Crippen LogP contribution in [0.5, 0.6) is 0 Å². The summed E-state index contributed by atoms with van der Waals surface area (Å²) in [5, 5.41) is 0. The summed E-state index contributed by atoms with van der Waals surface area (Å²) in [6, 6.07) is 6.49. The van der Waals surface area contributed by atoms with Crippen molar-refractivity contribution >= 4 is 31.5 Å². The Kier molecular flexibility index (Phi) is 5.10. The topological polar surface area (TPSA) is 66.9 Å². The summed E-state index contributed by atoms with van der Waals surface area (Å²) in [4.78, 5) is 15.8. The highest BCUT2D eigenvalue weighted by molar-refractivity contribution is 8.13. The zero-order valence-electron chi connectivity index (χ0n) is 13.5. The molecule has 0 spiro atoms.